The zero-order chi connectivity index (χ0) is 16.1. The number of halogens is 1. The summed E-state index contributed by atoms with van der Waals surface area (Å²) in [5.74, 6) is 0. The number of pyridine rings is 1. The number of hydrogen-bond donors (Lipinski definition) is 1. The Balaban J connectivity index is 1.57. The van der Waals surface area contributed by atoms with Gasteiger partial charge >= 0.3 is 6.03 Å². The number of morpholine rings is 1. The fourth-order valence-corrected chi connectivity index (χ4v) is 2.77. The third kappa shape index (κ3) is 4.30. The number of carbonyl (C=O) groups excluding carboxylic acids is 1. The van der Waals surface area contributed by atoms with Gasteiger partial charge in [-0.1, -0.05) is 34.1 Å². The SMILES string of the molecule is O=C(NCc1cccnc1)N1CCOC(c2ccc(Br)cc2)C1. The lowest BCUT2D eigenvalue weighted by molar-refractivity contribution is -0.0154. The number of benzene rings is 1. The summed E-state index contributed by atoms with van der Waals surface area (Å²) in [7, 11) is 0. The molecule has 1 unspecified atom stereocenters. The summed E-state index contributed by atoms with van der Waals surface area (Å²) >= 11 is 3.43. The number of rotatable bonds is 3. The van der Waals surface area contributed by atoms with Gasteiger partial charge in [0.25, 0.3) is 0 Å². The highest BCUT2D eigenvalue weighted by molar-refractivity contribution is 9.10. The first-order valence-corrected chi connectivity index (χ1v) is 8.30. The van der Waals surface area contributed by atoms with Crippen molar-refractivity contribution in [1.29, 1.82) is 0 Å². The number of nitrogens with zero attached hydrogens (tertiary/aromatic N) is 2. The molecule has 23 heavy (non-hydrogen) atoms. The van der Waals surface area contributed by atoms with E-state index < -0.39 is 0 Å². The maximum absolute atomic E-state index is 12.3. The quantitative estimate of drug-likeness (QED) is 0.896. The summed E-state index contributed by atoms with van der Waals surface area (Å²) in [6.07, 6.45) is 3.39. The predicted molar refractivity (Wildman–Crippen MR) is 90.9 cm³/mol. The first-order valence-electron chi connectivity index (χ1n) is 7.51. The Kier molecular flexibility index (Phi) is 5.25. The molecule has 1 aliphatic rings. The minimum absolute atomic E-state index is 0.0701. The number of hydrogen-bond acceptors (Lipinski definition) is 3. The smallest absolute Gasteiger partial charge is 0.317 e. The van der Waals surface area contributed by atoms with Gasteiger partial charge in [0.2, 0.25) is 0 Å². The van der Waals surface area contributed by atoms with Crippen LogP contribution in [0.2, 0.25) is 0 Å². The Morgan fingerprint density at radius 1 is 1.35 bits per heavy atom. The van der Waals surface area contributed by atoms with Crippen molar-refractivity contribution in [3.8, 4) is 0 Å². The zero-order valence-electron chi connectivity index (χ0n) is 12.6. The molecule has 1 fully saturated rings. The monoisotopic (exact) mass is 375 g/mol. The highest BCUT2D eigenvalue weighted by atomic mass is 79.9. The maximum atomic E-state index is 12.3. The van der Waals surface area contributed by atoms with Gasteiger partial charge in [0.15, 0.2) is 0 Å². The molecule has 0 saturated carbocycles. The van der Waals surface area contributed by atoms with Crippen LogP contribution in [0.4, 0.5) is 4.79 Å². The third-order valence-electron chi connectivity index (χ3n) is 3.76. The van der Waals surface area contributed by atoms with Gasteiger partial charge < -0.3 is 15.0 Å². The third-order valence-corrected chi connectivity index (χ3v) is 4.29. The van der Waals surface area contributed by atoms with E-state index in [4.69, 9.17) is 4.74 Å². The molecule has 6 heteroatoms. The van der Waals surface area contributed by atoms with Crippen molar-refractivity contribution in [3.05, 3.63) is 64.4 Å². The molecule has 0 aliphatic carbocycles. The van der Waals surface area contributed by atoms with Crippen LogP contribution in [-0.2, 0) is 11.3 Å². The zero-order valence-corrected chi connectivity index (χ0v) is 14.2. The molecular formula is C17H18BrN3O2. The van der Waals surface area contributed by atoms with Crippen LogP contribution in [0, 0.1) is 0 Å². The molecule has 3 rings (SSSR count). The van der Waals surface area contributed by atoms with Crippen LogP contribution in [-0.4, -0.2) is 35.6 Å². The van der Waals surface area contributed by atoms with Gasteiger partial charge in [-0.3, -0.25) is 4.98 Å². The van der Waals surface area contributed by atoms with Crippen molar-refractivity contribution >= 4 is 22.0 Å². The highest BCUT2D eigenvalue weighted by Gasteiger charge is 2.25. The molecule has 2 aromatic rings. The van der Waals surface area contributed by atoms with E-state index in [2.05, 4.69) is 26.2 Å². The molecule has 0 bridgehead atoms. The fourth-order valence-electron chi connectivity index (χ4n) is 2.51. The van der Waals surface area contributed by atoms with Crippen molar-refractivity contribution in [2.24, 2.45) is 0 Å². The van der Waals surface area contributed by atoms with Crippen LogP contribution in [0.5, 0.6) is 0 Å². The molecule has 120 valence electrons. The van der Waals surface area contributed by atoms with Crippen molar-refractivity contribution in [2.75, 3.05) is 19.7 Å². The molecule has 1 saturated heterocycles. The summed E-state index contributed by atoms with van der Waals surface area (Å²) in [5.41, 5.74) is 2.07. The average Bonchev–Trinajstić information content (AvgIpc) is 2.61. The molecular weight excluding hydrogens is 358 g/mol. The van der Waals surface area contributed by atoms with Gasteiger partial charge in [0.1, 0.15) is 6.10 Å². The second-order valence-electron chi connectivity index (χ2n) is 5.38. The van der Waals surface area contributed by atoms with Crippen LogP contribution in [0.25, 0.3) is 0 Å². The Morgan fingerprint density at radius 3 is 2.91 bits per heavy atom. The van der Waals surface area contributed by atoms with Gasteiger partial charge in [-0.05, 0) is 29.3 Å². The minimum atomic E-state index is -0.0824. The van der Waals surface area contributed by atoms with Gasteiger partial charge in [-0.2, -0.15) is 0 Å². The van der Waals surface area contributed by atoms with Crippen LogP contribution in [0.1, 0.15) is 17.2 Å². The summed E-state index contributed by atoms with van der Waals surface area (Å²) < 4.78 is 6.83. The standard InChI is InChI=1S/C17H18BrN3O2/c18-15-5-3-14(4-6-15)16-12-21(8-9-23-16)17(22)20-11-13-2-1-7-19-10-13/h1-7,10,16H,8-9,11-12H2,(H,20,22). The molecule has 1 atom stereocenters. The Bertz CT molecular complexity index is 649. The van der Waals surface area contributed by atoms with Gasteiger partial charge in [0, 0.05) is 30.0 Å². The van der Waals surface area contributed by atoms with Crippen molar-refractivity contribution in [1.82, 2.24) is 15.2 Å². The molecule has 1 N–H and O–H groups in total. The van der Waals surface area contributed by atoms with E-state index in [0.29, 0.717) is 26.2 Å². The van der Waals surface area contributed by atoms with Crippen molar-refractivity contribution < 1.29 is 9.53 Å². The lowest BCUT2D eigenvalue weighted by Gasteiger charge is -2.33. The van der Waals surface area contributed by atoms with E-state index in [9.17, 15) is 4.79 Å². The van der Waals surface area contributed by atoms with E-state index in [-0.39, 0.29) is 12.1 Å². The highest BCUT2D eigenvalue weighted by Crippen LogP contribution is 2.23. The topological polar surface area (TPSA) is 54.5 Å². The largest absolute Gasteiger partial charge is 0.370 e. The van der Waals surface area contributed by atoms with Crippen LogP contribution < -0.4 is 5.32 Å². The van der Waals surface area contributed by atoms with E-state index in [1.54, 1.807) is 17.3 Å². The Hall–Kier alpha value is -1.92. The van der Waals surface area contributed by atoms with Gasteiger partial charge in [-0.15, -0.1) is 0 Å². The van der Waals surface area contributed by atoms with E-state index in [1.807, 2.05) is 36.4 Å². The Labute approximate surface area is 143 Å². The van der Waals surface area contributed by atoms with E-state index in [1.165, 1.54) is 0 Å². The van der Waals surface area contributed by atoms with Crippen LogP contribution >= 0.6 is 15.9 Å². The lowest BCUT2D eigenvalue weighted by atomic mass is 10.1. The number of amides is 2. The molecule has 2 heterocycles. The number of nitrogens with one attached hydrogen (secondary N) is 1. The average molecular weight is 376 g/mol. The molecule has 1 aromatic heterocycles. The number of carbonyl (C=O) groups is 1. The molecule has 0 radical (unpaired) electrons. The molecule has 2 amide bonds. The summed E-state index contributed by atoms with van der Waals surface area (Å²) in [4.78, 5) is 18.2. The normalized spacial score (nSPS) is 17.8. The second-order valence-corrected chi connectivity index (χ2v) is 6.29. The number of aromatic nitrogens is 1. The first kappa shape index (κ1) is 16.0. The molecule has 1 aliphatic heterocycles. The maximum Gasteiger partial charge on any atom is 0.317 e. The van der Waals surface area contributed by atoms with E-state index in [0.717, 1.165) is 15.6 Å². The molecule has 0 spiro atoms. The lowest BCUT2D eigenvalue weighted by Crippen LogP contribution is -2.46. The van der Waals surface area contributed by atoms with Crippen molar-refractivity contribution in [2.45, 2.75) is 12.6 Å². The van der Waals surface area contributed by atoms with E-state index >= 15 is 0 Å². The molecule has 1 aromatic carbocycles. The van der Waals surface area contributed by atoms with Gasteiger partial charge in [0.05, 0.1) is 13.2 Å². The predicted octanol–water partition coefficient (Wildman–Crippen LogP) is 3.13. The fraction of sp³-hybridized carbons (Fsp3) is 0.294. The summed E-state index contributed by atoms with van der Waals surface area (Å²) in [6, 6.07) is 11.7. The molecule has 5 nitrogen and oxygen atoms in total. The first-order chi connectivity index (χ1) is 11.2. The Morgan fingerprint density at radius 2 is 2.17 bits per heavy atom. The minimum Gasteiger partial charge on any atom is -0.370 e. The number of urea groups is 1. The van der Waals surface area contributed by atoms with Crippen LogP contribution in [0.3, 0.4) is 0 Å². The van der Waals surface area contributed by atoms with Crippen molar-refractivity contribution in [3.63, 3.8) is 0 Å². The van der Waals surface area contributed by atoms with Gasteiger partial charge in [-0.25, -0.2) is 4.79 Å². The van der Waals surface area contributed by atoms with Crippen LogP contribution in [0.15, 0.2) is 53.3 Å². The summed E-state index contributed by atoms with van der Waals surface area (Å²) in [6.45, 7) is 2.18. The number of ether oxygens (including phenoxy) is 1. The second kappa shape index (κ2) is 7.57. The summed E-state index contributed by atoms with van der Waals surface area (Å²) in [5, 5.41) is 2.93.